The number of nitro benzene ring substituents is 1. The van der Waals surface area contributed by atoms with Crippen molar-refractivity contribution in [3.63, 3.8) is 0 Å². The van der Waals surface area contributed by atoms with Gasteiger partial charge in [0.1, 0.15) is 6.54 Å². The molecule has 0 heterocycles. The summed E-state index contributed by atoms with van der Waals surface area (Å²) < 4.78 is 36.5. The van der Waals surface area contributed by atoms with Gasteiger partial charge in [-0.15, -0.1) is 0 Å². The lowest BCUT2D eigenvalue weighted by Crippen LogP contribution is -2.30. The van der Waals surface area contributed by atoms with Crippen molar-refractivity contribution < 1.29 is 23.2 Å². The number of halogens is 3. The normalized spacial score (nSPS) is 11.4. The van der Waals surface area contributed by atoms with Gasteiger partial charge >= 0.3 is 6.18 Å². The summed E-state index contributed by atoms with van der Waals surface area (Å²) in [6.07, 6.45) is -4.37. The predicted molar refractivity (Wildman–Crippen MR) is 58.3 cm³/mol. The minimum atomic E-state index is -4.37. The number of alkyl halides is 3. The molecular formula is C10H11F3N2O3. The number of anilines is 1. The number of hydrogen-bond donors (Lipinski definition) is 1. The Labute approximate surface area is 101 Å². The third-order valence-electron chi connectivity index (χ3n) is 2.29. The number of benzene rings is 1. The largest absolute Gasteiger partial charge is 0.405 e. The van der Waals surface area contributed by atoms with Crippen LogP contribution in [0.3, 0.4) is 0 Å². The Morgan fingerprint density at radius 1 is 1.44 bits per heavy atom. The molecule has 0 aliphatic heterocycles. The van der Waals surface area contributed by atoms with Gasteiger partial charge in [0.15, 0.2) is 0 Å². The topological polar surface area (TPSA) is 66.6 Å². The maximum absolute atomic E-state index is 12.2. The summed E-state index contributed by atoms with van der Waals surface area (Å²) in [6, 6.07) is 3.46. The van der Waals surface area contributed by atoms with Crippen LogP contribution in [0.15, 0.2) is 18.2 Å². The first kappa shape index (κ1) is 14.2. The lowest BCUT2D eigenvalue weighted by atomic mass is 10.1. The molecule has 1 rings (SSSR count). The highest BCUT2D eigenvalue weighted by Gasteiger charge is 2.29. The zero-order valence-electron chi connectivity index (χ0n) is 9.44. The fourth-order valence-corrected chi connectivity index (χ4v) is 1.47. The predicted octanol–water partition coefficient (Wildman–Crippen LogP) is 2.09. The zero-order valence-corrected chi connectivity index (χ0v) is 9.44. The summed E-state index contributed by atoms with van der Waals surface area (Å²) in [7, 11) is 1.22. The Hall–Kier alpha value is -1.83. The Balaban J connectivity index is 3.02. The molecule has 0 fully saturated rings. The highest BCUT2D eigenvalue weighted by Crippen LogP contribution is 2.26. The maximum Gasteiger partial charge on any atom is 0.405 e. The average molecular weight is 264 g/mol. The molecule has 0 spiro atoms. The van der Waals surface area contributed by atoms with Crippen LogP contribution >= 0.6 is 0 Å². The van der Waals surface area contributed by atoms with E-state index in [0.717, 1.165) is 11.0 Å². The second-order valence-corrected chi connectivity index (χ2v) is 3.70. The molecule has 100 valence electrons. The smallest absolute Gasteiger partial charge is 0.391 e. The van der Waals surface area contributed by atoms with Gasteiger partial charge in [0.05, 0.1) is 17.1 Å². The fraction of sp³-hybridized carbons (Fsp3) is 0.400. The SMILES string of the molecule is CN(CC(F)(F)F)c1ccc([N+](=O)[O-])c(CO)c1. The van der Waals surface area contributed by atoms with Crippen LogP contribution in [0.1, 0.15) is 5.56 Å². The third kappa shape index (κ3) is 3.59. The van der Waals surface area contributed by atoms with Gasteiger partial charge < -0.3 is 10.0 Å². The van der Waals surface area contributed by atoms with Gasteiger partial charge in [-0.1, -0.05) is 0 Å². The standard InChI is InChI=1S/C10H11F3N2O3/c1-14(6-10(11,12)13)8-2-3-9(15(17)18)7(4-8)5-16/h2-4,16H,5-6H2,1H3. The molecule has 8 heteroatoms. The van der Waals surface area contributed by atoms with Gasteiger partial charge in [-0.25, -0.2) is 0 Å². The van der Waals surface area contributed by atoms with Crippen LogP contribution in [-0.4, -0.2) is 29.8 Å². The summed E-state index contributed by atoms with van der Waals surface area (Å²) in [5.74, 6) is 0. The highest BCUT2D eigenvalue weighted by atomic mass is 19.4. The molecule has 1 aromatic carbocycles. The molecule has 0 unspecified atom stereocenters. The van der Waals surface area contributed by atoms with E-state index in [1.807, 2.05) is 0 Å². The van der Waals surface area contributed by atoms with Gasteiger partial charge in [-0.05, 0) is 12.1 Å². The van der Waals surface area contributed by atoms with Crippen molar-refractivity contribution in [2.75, 3.05) is 18.5 Å². The van der Waals surface area contributed by atoms with Crippen molar-refractivity contribution >= 4 is 11.4 Å². The van der Waals surface area contributed by atoms with E-state index in [-0.39, 0.29) is 16.9 Å². The summed E-state index contributed by atoms with van der Waals surface area (Å²) in [4.78, 5) is 10.8. The van der Waals surface area contributed by atoms with Crippen LogP contribution in [0.4, 0.5) is 24.5 Å². The molecular weight excluding hydrogens is 253 g/mol. The Morgan fingerprint density at radius 2 is 2.06 bits per heavy atom. The van der Waals surface area contributed by atoms with E-state index in [1.54, 1.807) is 0 Å². The van der Waals surface area contributed by atoms with Crippen LogP contribution < -0.4 is 4.90 Å². The number of aliphatic hydroxyl groups excluding tert-OH is 1. The van der Waals surface area contributed by atoms with Crippen molar-refractivity contribution in [2.24, 2.45) is 0 Å². The average Bonchev–Trinajstić information content (AvgIpc) is 2.25. The molecule has 1 N–H and O–H groups in total. The molecule has 5 nitrogen and oxygen atoms in total. The van der Waals surface area contributed by atoms with E-state index in [1.165, 1.54) is 19.2 Å². The number of rotatable bonds is 4. The van der Waals surface area contributed by atoms with E-state index < -0.39 is 24.3 Å². The van der Waals surface area contributed by atoms with Crippen molar-refractivity contribution in [1.29, 1.82) is 0 Å². The lowest BCUT2D eigenvalue weighted by Gasteiger charge is -2.21. The maximum atomic E-state index is 12.2. The Morgan fingerprint density at radius 3 is 2.50 bits per heavy atom. The molecule has 0 bridgehead atoms. The quantitative estimate of drug-likeness (QED) is 0.668. The number of aliphatic hydroxyl groups is 1. The summed E-state index contributed by atoms with van der Waals surface area (Å²) >= 11 is 0. The highest BCUT2D eigenvalue weighted by molar-refractivity contribution is 5.55. The van der Waals surface area contributed by atoms with E-state index in [9.17, 15) is 23.3 Å². The number of nitrogens with zero attached hydrogens (tertiary/aromatic N) is 2. The van der Waals surface area contributed by atoms with Crippen molar-refractivity contribution in [2.45, 2.75) is 12.8 Å². The van der Waals surface area contributed by atoms with Gasteiger partial charge in [0, 0.05) is 18.8 Å². The van der Waals surface area contributed by atoms with Gasteiger partial charge in [-0.3, -0.25) is 10.1 Å². The molecule has 0 radical (unpaired) electrons. The minimum absolute atomic E-state index is 0.0217. The first-order chi connectivity index (χ1) is 8.24. The fourth-order valence-electron chi connectivity index (χ4n) is 1.47. The van der Waals surface area contributed by atoms with Crippen LogP contribution in [-0.2, 0) is 6.61 Å². The molecule has 0 amide bonds. The van der Waals surface area contributed by atoms with Crippen molar-refractivity contribution in [3.8, 4) is 0 Å². The first-order valence-corrected chi connectivity index (χ1v) is 4.90. The molecule has 0 atom stereocenters. The van der Waals surface area contributed by atoms with E-state index in [4.69, 9.17) is 5.11 Å². The zero-order chi connectivity index (χ0) is 13.9. The van der Waals surface area contributed by atoms with E-state index in [0.29, 0.717) is 0 Å². The summed E-state index contributed by atoms with van der Waals surface area (Å²) in [5, 5.41) is 19.6. The number of nitro groups is 1. The van der Waals surface area contributed by atoms with Crippen molar-refractivity contribution in [1.82, 2.24) is 0 Å². The van der Waals surface area contributed by atoms with Gasteiger partial charge in [0.25, 0.3) is 5.69 Å². The molecule has 0 saturated heterocycles. The first-order valence-electron chi connectivity index (χ1n) is 4.90. The van der Waals surface area contributed by atoms with Crippen LogP contribution in [0, 0.1) is 10.1 Å². The van der Waals surface area contributed by atoms with E-state index >= 15 is 0 Å². The molecule has 0 aliphatic rings. The molecule has 0 aromatic heterocycles. The third-order valence-corrected chi connectivity index (χ3v) is 2.29. The van der Waals surface area contributed by atoms with Crippen LogP contribution in [0.5, 0.6) is 0 Å². The second-order valence-electron chi connectivity index (χ2n) is 3.70. The summed E-state index contributed by atoms with van der Waals surface area (Å²) in [5.41, 5.74) is -0.185. The second kappa shape index (κ2) is 5.21. The van der Waals surface area contributed by atoms with Gasteiger partial charge in [0.2, 0.25) is 0 Å². The summed E-state index contributed by atoms with van der Waals surface area (Å²) in [6.45, 7) is -1.78. The molecule has 0 saturated carbocycles. The minimum Gasteiger partial charge on any atom is -0.391 e. The molecule has 0 aliphatic carbocycles. The Kier molecular flexibility index (Phi) is 4.12. The molecule has 1 aromatic rings. The molecule has 18 heavy (non-hydrogen) atoms. The monoisotopic (exact) mass is 264 g/mol. The van der Waals surface area contributed by atoms with Crippen molar-refractivity contribution in [3.05, 3.63) is 33.9 Å². The van der Waals surface area contributed by atoms with Crippen LogP contribution in [0.2, 0.25) is 0 Å². The van der Waals surface area contributed by atoms with Gasteiger partial charge in [-0.2, -0.15) is 13.2 Å². The number of hydrogen-bond acceptors (Lipinski definition) is 4. The van der Waals surface area contributed by atoms with Crippen LogP contribution in [0.25, 0.3) is 0 Å². The lowest BCUT2D eigenvalue weighted by molar-refractivity contribution is -0.385. The Bertz CT molecular complexity index is 448. The van der Waals surface area contributed by atoms with E-state index in [2.05, 4.69) is 0 Å².